The maximum atomic E-state index is 13.3. The van der Waals surface area contributed by atoms with Crippen molar-refractivity contribution in [3.8, 4) is 5.75 Å². The fourth-order valence-corrected chi connectivity index (χ4v) is 4.30. The van der Waals surface area contributed by atoms with Gasteiger partial charge in [0.2, 0.25) is 0 Å². The van der Waals surface area contributed by atoms with Gasteiger partial charge in [0, 0.05) is 33.4 Å². The van der Waals surface area contributed by atoms with Crippen molar-refractivity contribution in [2.45, 2.75) is 18.6 Å². The summed E-state index contributed by atoms with van der Waals surface area (Å²) in [4.78, 5) is 1.07. The second kappa shape index (κ2) is 5.16. The zero-order valence-electron chi connectivity index (χ0n) is 9.70. The number of hydrogen-bond acceptors (Lipinski definition) is 3. The molecule has 100 valence electrons. The van der Waals surface area contributed by atoms with Crippen molar-refractivity contribution in [1.29, 1.82) is 0 Å². The number of nitrogens with two attached hydrogens (primary N) is 1. The second-order valence-electron chi connectivity index (χ2n) is 4.40. The Balaban J connectivity index is 1.96. The molecule has 2 aromatic rings. The monoisotopic (exact) mass is 405 g/mol. The topological polar surface area (TPSA) is 35.2 Å². The molecule has 19 heavy (non-hydrogen) atoms. The van der Waals surface area contributed by atoms with Gasteiger partial charge in [-0.05, 0) is 44.0 Å². The summed E-state index contributed by atoms with van der Waals surface area (Å²) in [5, 5.41) is 0. The average Bonchev–Trinajstić information content (AvgIpc) is 2.69. The van der Waals surface area contributed by atoms with E-state index < -0.39 is 0 Å². The van der Waals surface area contributed by atoms with E-state index in [9.17, 15) is 4.39 Å². The van der Waals surface area contributed by atoms with Crippen LogP contribution in [0.4, 0.5) is 4.39 Å². The first-order valence-corrected chi connectivity index (χ1v) is 8.11. The Kier molecular flexibility index (Phi) is 3.68. The molecule has 3 rings (SSSR count). The van der Waals surface area contributed by atoms with Crippen LogP contribution in [0.25, 0.3) is 0 Å². The Labute approximate surface area is 131 Å². The minimum absolute atomic E-state index is 0.128. The molecule has 1 aromatic carbocycles. The van der Waals surface area contributed by atoms with Crippen LogP contribution in [-0.4, -0.2) is 0 Å². The van der Waals surface area contributed by atoms with Gasteiger partial charge >= 0.3 is 0 Å². The Morgan fingerprint density at radius 2 is 2.11 bits per heavy atom. The second-order valence-corrected chi connectivity index (χ2v) is 7.66. The summed E-state index contributed by atoms with van der Waals surface area (Å²) in [7, 11) is 0. The maximum Gasteiger partial charge on any atom is 0.135 e. The first kappa shape index (κ1) is 13.5. The van der Waals surface area contributed by atoms with E-state index in [0.717, 1.165) is 18.7 Å². The fourth-order valence-electron chi connectivity index (χ4n) is 2.17. The number of hydrogen-bond donors (Lipinski definition) is 1. The Hall–Kier alpha value is -0.430. The van der Waals surface area contributed by atoms with E-state index in [1.807, 2.05) is 6.07 Å². The molecule has 1 unspecified atom stereocenters. The van der Waals surface area contributed by atoms with Crippen molar-refractivity contribution in [1.82, 2.24) is 0 Å². The third kappa shape index (κ3) is 2.59. The summed E-state index contributed by atoms with van der Waals surface area (Å²) in [6, 6.07) is 6.40. The highest BCUT2D eigenvalue weighted by molar-refractivity contribution is 9.13. The van der Waals surface area contributed by atoms with Crippen LogP contribution in [0.15, 0.2) is 32.5 Å². The SMILES string of the molecule is N[C@@H]1CC(c2cc(Br)c(Br)s2)Oc2cc(F)ccc21. The Bertz CT molecular complexity index is 612. The lowest BCUT2D eigenvalue weighted by atomic mass is 9.96. The van der Waals surface area contributed by atoms with Crippen molar-refractivity contribution in [2.75, 3.05) is 0 Å². The molecule has 0 bridgehead atoms. The van der Waals surface area contributed by atoms with Crippen LogP contribution in [0, 0.1) is 5.82 Å². The van der Waals surface area contributed by atoms with Crippen LogP contribution in [-0.2, 0) is 0 Å². The maximum absolute atomic E-state index is 13.3. The average molecular weight is 407 g/mol. The predicted molar refractivity (Wildman–Crippen MR) is 81.0 cm³/mol. The molecule has 0 aliphatic carbocycles. The molecule has 2 nitrogen and oxygen atoms in total. The normalized spacial score (nSPS) is 21.9. The van der Waals surface area contributed by atoms with Gasteiger partial charge in [0.1, 0.15) is 17.7 Å². The lowest BCUT2D eigenvalue weighted by Gasteiger charge is -2.29. The highest BCUT2D eigenvalue weighted by Gasteiger charge is 2.28. The van der Waals surface area contributed by atoms with Crippen LogP contribution in [0.3, 0.4) is 0 Å². The van der Waals surface area contributed by atoms with Crippen molar-refractivity contribution in [2.24, 2.45) is 5.73 Å². The number of halogens is 3. The first-order chi connectivity index (χ1) is 9.04. The summed E-state index contributed by atoms with van der Waals surface area (Å²) in [5.41, 5.74) is 7.02. The summed E-state index contributed by atoms with van der Waals surface area (Å²) in [6.07, 6.45) is 0.565. The molecule has 2 heterocycles. The van der Waals surface area contributed by atoms with Gasteiger partial charge < -0.3 is 10.5 Å². The number of rotatable bonds is 1. The highest BCUT2D eigenvalue weighted by atomic mass is 79.9. The van der Waals surface area contributed by atoms with Crippen LogP contribution >= 0.6 is 43.2 Å². The lowest BCUT2D eigenvalue weighted by molar-refractivity contribution is 0.164. The lowest BCUT2D eigenvalue weighted by Crippen LogP contribution is -2.23. The molecule has 0 spiro atoms. The van der Waals surface area contributed by atoms with Crippen molar-refractivity contribution >= 4 is 43.2 Å². The highest BCUT2D eigenvalue weighted by Crippen LogP contribution is 2.44. The first-order valence-electron chi connectivity index (χ1n) is 5.71. The van der Waals surface area contributed by atoms with Crippen LogP contribution in [0.5, 0.6) is 5.75 Å². The standard InChI is InChI=1S/C13H10Br2FNOS/c14-8-4-12(19-13(8)15)11-5-9(17)7-2-1-6(16)3-10(7)18-11/h1-4,9,11H,5,17H2/t9-,11?/m1/s1. The zero-order chi connectivity index (χ0) is 13.6. The van der Waals surface area contributed by atoms with Gasteiger partial charge in [-0.2, -0.15) is 0 Å². The van der Waals surface area contributed by atoms with E-state index in [4.69, 9.17) is 10.5 Å². The number of ether oxygens (including phenoxy) is 1. The van der Waals surface area contributed by atoms with Crippen molar-refractivity contribution in [3.63, 3.8) is 0 Å². The van der Waals surface area contributed by atoms with E-state index in [2.05, 4.69) is 31.9 Å². The molecule has 1 aliphatic rings. The minimum atomic E-state index is -0.305. The van der Waals surface area contributed by atoms with E-state index >= 15 is 0 Å². The summed E-state index contributed by atoms with van der Waals surface area (Å²) < 4.78 is 21.2. The van der Waals surface area contributed by atoms with E-state index in [1.165, 1.54) is 12.1 Å². The summed E-state index contributed by atoms with van der Waals surface area (Å²) in [5.74, 6) is 0.240. The van der Waals surface area contributed by atoms with Gasteiger partial charge in [-0.25, -0.2) is 4.39 Å². The Morgan fingerprint density at radius 1 is 1.32 bits per heavy atom. The third-order valence-corrected chi connectivity index (χ3v) is 6.44. The smallest absolute Gasteiger partial charge is 0.135 e. The molecule has 0 amide bonds. The molecule has 6 heteroatoms. The molecule has 0 saturated heterocycles. The Morgan fingerprint density at radius 3 is 2.79 bits per heavy atom. The van der Waals surface area contributed by atoms with Gasteiger partial charge in [0.25, 0.3) is 0 Å². The largest absolute Gasteiger partial charge is 0.484 e. The molecule has 0 saturated carbocycles. The number of thiophene rings is 1. The van der Waals surface area contributed by atoms with E-state index in [0.29, 0.717) is 12.2 Å². The van der Waals surface area contributed by atoms with Gasteiger partial charge in [0.15, 0.2) is 0 Å². The fraction of sp³-hybridized carbons (Fsp3) is 0.231. The predicted octanol–water partition coefficient (Wildman–Crippen LogP) is 4.94. The molecule has 1 aromatic heterocycles. The molecule has 2 atom stereocenters. The van der Waals surface area contributed by atoms with Crippen LogP contribution < -0.4 is 10.5 Å². The molecular weight excluding hydrogens is 397 g/mol. The molecule has 2 N–H and O–H groups in total. The van der Waals surface area contributed by atoms with E-state index in [-0.39, 0.29) is 18.0 Å². The van der Waals surface area contributed by atoms with Gasteiger partial charge in [-0.1, -0.05) is 6.07 Å². The third-order valence-electron chi connectivity index (χ3n) is 3.09. The minimum Gasteiger partial charge on any atom is -0.484 e. The summed E-state index contributed by atoms with van der Waals surface area (Å²) in [6.45, 7) is 0. The molecule has 1 aliphatic heterocycles. The quantitative estimate of drug-likeness (QED) is 0.728. The number of benzene rings is 1. The zero-order valence-corrected chi connectivity index (χ0v) is 13.7. The van der Waals surface area contributed by atoms with Crippen molar-refractivity contribution < 1.29 is 9.13 Å². The van der Waals surface area contributed by atoms with E-state index in [1.54, 1.807) is 17.4 Å². The van der Waals surface area contributed by atoms with Crippen LogP contribution in [0.1, 0.15) is 29.0 Å². The van der Waals surface area contributed by atoms with Crippen molar-refractivity contribution in [3.05, 3.63) is 48.8 Å². The molecular formula is C13H10Br2FNOS. The summed E-state index contributed by atoms with van der Waals surface area (Å²) >= 11 is 8.52. The van der Waals surface area contributed by atoms with Gasteiger partial charge in [-0.3, -0.25) is 0 Å². The molecule has 0 fully saturated rings. The van der Waals surface area contributed by atoms with Crippen LogP contribution in [0.2, 0.25) is 0 Å². The molecule has 0 radical (unpaired) electrons. The number of fused-ring (bicyclic) bond motifs is 1. The van der Waals surface area contributed by atoms with Gasteiger partial charge in [-0.15, -0.1) is 11.3 Å². The van der Waals surface area contributed by atoms with Gasteiger partial charge in [0.05, 0.1) is 3.79 Å².